The zero-order valence-corrected chi connectivity index (χ0v) is 8.64. The summed E-state index contributed by atoms with van der Waals surface area (Å²) in [6, 6.07) is 6.53. The van der Waals surface area contributed by atoms with Crippen LogP contribution in [0.15, 0.2) is 29.4 Å². The summed E-state index contributed by atoms with van der Waals surface area (Å²) < 4.78 is 0. The molecule has 0 bridgehead atoms. The van der Waals surface area contributed by atoms with E-state index in [-0.39, 0.29) is 11.7 Å². The molecule has 0 radical (unpaired) electrons. The number of rotatable bonds is 2. The Kier molecular flexibility index (Phi) is 3.28. The number of carbonyl (C=O) groups excluding carboxylic acids is 1. The Morgan fingerprint density at radius 2 is 1.73 bits per heavy atom. The number of hydrogen-bond donors (Lipinski definition) is 2. The third-order valence-corrected chi connectivity index (χ3v) is 1.94. The third-order valence-electron chi connectivity index (χ3n) is 1.94. The van der Waals surface area contributed by atoms with E-state index in [2.05, 4.69) is 5.16 Å². The van der Waals surface area contributed by atoms with Gasteiger partial charge in [0.25, 0.3) is 5.91 Å². The second-order valence-corrected chi connectivity index (χ2v) is 3.26. The monoisotopic (exact) mass is 207 g/mol. The Morgan fingerprint density at radius 1 is 1.27 bits per heavy atom. The summed E-state index contributed by atoms with van der Waals surface area (Å²) in [6.45, 7) is 0. The molecule has 0 unspecified atom stereocenters. The largest absolute Gasteiger partial charge is 0.409 e. The maximum absolute atomic E-state index is 11.5. The van der Waals surface area contributed by atoms with Crippen molar-refractivity contribution >= 4 is 11.7 Å². The maximum Gasteiger partial charge on any atom is 0.253 e. The minimum absolute atomic E-state index is 0.0267. The van der Waals surface area contributed by atoms with Crippen LogP contribution >= 0.6 is 0 Å². The summed E-state index contributed by atoms with van der Waals surface area (Å²) in [5.74, 6) is -0.0556. The van der Waals surface area contributed by atoms with Crippen molar-refractivity contribution < 1.29 is 10.0 Å². The van der Waals surface area contributed by atoms with Crippen LogP contribution in [0.25, 0.3) is 0 Å². The number of carbonyl (C=O) groups is 1. The van der Waals surface area contributed by atoms with E-state index in [1.807, 2.05) is 0 Å². The molecule has 0 aliphatic heterocycles. The second-order valence-electron chi connectivity index (χ2n) is 3.26. The molecule has 3 N–H and O–H groups in total. The van der Waals surface area contributed by atoms with Crippen molar-refractivity contribution in [2.45, 2.75) is 0 Å². The van der Waals surface area contributed by atoms with Gasteiger partial charge in [-0.3, -0.25) is 4.79 Å². The summed E-state index contributed by atoms with van der Waals surface area (Å²) in [5, 5.41) is 11.3. The van der Waals surface area contributed by atoms with Crippen molar-refractivity contribution in [2.24, 2.45) is 10.9 Å². The molecule has 0 fully saturated rings. The first-order valence-electron chi connectivity index (χ1n) is 4.36. The van der Waals surface area contributed by atoms with Crippen molar-refractivity contribution in [3.05, 3.63) is 35.4 Å². The van der Waals surface area contributed by atoms with Gasteiger partial charge in [0.2, 0.25) is 0 Å². The van der Waals surface area contributed by atoms with E-state index < -0.39 is 0 Å². The lowest BCUT2D eigenvalue weighted by atomic mass is 10.1. The molecule has 80 valence electrons. The Morgan fingerprint density at radius 3 is 2.13 bits per heavy atom. The minimum Gasteiger partial charge on any atom is -0.409 e. The summed E-state index contributed by atoms with van der Waals surface area (Å²) in [5.41, 5.74) is 6.53. The molecule has 1 aromatic rings. The van der Waals surface area contributed by atoms with E-state index in [0.29, 0.717) is 11.1 Å². The first-order chi connectivity index (χ1) is 7.06. The van der Waals surface area contributed by atoms with E-state index in [4.69, 9.17) is 10.9 Å². The van der Waals surface area contributed by atoms with Gasteiger partial charge >= 0.3 is 0 Å². The molecule has 0 aliphatic carbocycles. The number of benzene rings is 1. The zero-order valence-electron chi connectivity index (χ0n) is 8.64. The van der Waals surface area contributed by atoms with Gasteiger partial charge in [0, 0.05) is 25.2 Å². The number of amidine groups is 1. The number of oxime groups is 1. The highest BCUT2D eigenvalue weighted by Crippen LogP contribution is 2.06. The molecule has 0 saturated carbocycles. The van der Waals surface area contributed by atoms with Crippen LogP contribution in [0.1, 0.15) is 15.9 Å². The highest BCUT2D eigenvalue weighted by molar-refractivity contribution is 5.99. The molecule has 1 rings (SSSR count). The van der Waals surface area contributed by atoms with Crippen molar-refractivity contribution in [2.75, 3.05) is 14.1 Å². The highest BCUT2D eigenvalue weighted by Gasteiger charge is 2.07. The standard InChI is InChI=1S/C10H13N3O2/c1-13(2)10(14)8-5-3-7(4-6-8)9(11)12-15/h3-6,15H,1-2H3,(H2,11,12). The number of nitrogens with two attached hydrogens (primary N) is 1. The Hall–Kier alpha value is -2.04. The van der Waals surface area contributed by atoms with Crippen LogP contribution in [0, 0.1) is 0 Å². The van der Waals surface area contributed by atoms with Crippen LogP contribution in [0.5, 0.6) is 0 Å². The van der Waals surface area contributed by atoms with Gasteiger partial charge in [-0.15, -0.1) is 0 Å². The molecule has 15 heavy (non-hydrogen) atoms. The van der Waals surface area contributed by atoms with Gasteiger partial charge in [0.15, 0.2) is 5.84 Å². The minimum atomic E-state index is -0.0824. The fraction of sp³-hybridized carbons (Fsp3) is 0.200. The normalized spacial score (nSPS) is 11.2. The van der Waals surface area contributed by atoms with Gasteiger partial charge in [-0.2, -0.15) is 0 Å². The molecule has 1 amide bonds. The summed E-state index contributed by atoms with van der Waals surface area (Å²) in [4.78, 5) is 13.0. The molecule has 0 heterocycles. The van der Waals surface area contributed by atoms with Crippen LogP contribution in [-0.2, 0) is 0 Å². The third kappa shape index (κ3) is 2.46. The van der Waals surface area contributed by atoms with E-state index in [1.54, 1.807) is 38.4 Å². The average molecular weight is 207 g/mol. The van der Waals surface area contributed by atoms with Crippen LogP contribution in [0.4, 0.5) is 0 Å². The molecule has 0 saturated heterocycles. The number of hydrogen-bond acceptors (Lipinski definition) is 3. The number of nitrogens with zero attached hydrogens (tertiary/aromatic N) is 2. The average Bonchev–Trinajstić information content (AvgIpc) is 2.27. The molecule has 5 heteroatoms. The summed E-state index contributed by atoms with van der Waals surface area (Å²) in [6.07, 6.45) is 0. The quantitative estimate of drug-likeness (QED) is 0.320. The van der Waals surface area contributed by atoms with Crippen LogP contribution < -0.4 is 5.73 Å². The lowest BCUT2D eigenvalue weighted by Crippen LogP contribution is -2.21. The molecule has 0 aliphatic rings. The molecular formula is C10H13N3O2. The first-order valence-corrected chi connectivity index (χ1v) is 4.36. The van der Waals surface area contributed by atoms with Crippen molar-refractivity contribution in [1.29, 1.82) is 0 Å². The Balaban J connectivity index is 2.95. The molecular weight excluding hydrogens is 194 g/mol. The van der Waals surface area contributed by atoms with Gasteiger partial charge in [0.1, 0.15) is 0 Å². The van der Waals surface area contributed by atoms with E-state index in [9.17, 15) is 4.79 Å². The Bertz CT molecular complexity index is 382. The SMILES string of the molecule is CN(C)C(=O)c1ccc(C(N)=NO)cc1. The van der Waals surface area contributed by atoms with E-state index >= 15 is 0 Å². The molecule has 0 spiro atoms. The molecule has 0 aromatic heterocycles. The van der Waals surface area contributed by atoms with Crippen molar-refractivity contribution in [3.8, 4) is 0 Å². The fourth-order valence-corrected chi connectivity index (χ4v) is 1.10. The van der Waals surface area contributed by atoms with Gasteiger partial charge in [-0.1, -0.05) is 17.3 Å². The fourth-order valence-electron chi connectivity index (χ4n) is 1.10. The summed E-state index contributed by atoms with van der Waals surface area (Å²) >= 11 is 0. The highest BCUT2D eigenvalue weighted by atomic mass is 16.4. The van der Waals surface area contributed by atoms with Crippen LogP contribution in [-0.4, -0.2) is 35.9 Å². The smallest absolute Gasteiger partial charge is 0.253 e. The van der Waals surface area contributed by atoms with Gasteiger partial charge in [-0.05, 0) is 12.1 Å². The second kappa shape index (κ2) is 4.45. The van der Waals surface area contributed by atoms with Crippen LogP contribution in [0.2, 0.25) is 0 Å². The van der Waals surface area contributed by atoms with Crippen molar-refractivity contribution in [3.63, 3.8) is 0 Å². The molecule has 5 nitrogen and oxygen atoms in total. The van der Waals surface area contributed by atoms with E-state index in [1.165, 1.54) is 4.90 Å². The molecule has 1 aromatic carbocycles. The van der Waals surface area contributed by atoms with Gasteiger partial charge < -0.3 is 15.8 Å². The topological polar surface area (TPSA) is 78.9 Å². The lowest BCUT2D eigenvalue weighted by Gasteiger charge is -2.10. The van der Waals surface area contributed by atoms with Gasteiger partial charge in [0.05, 0.1) is 0 Å². The predicted molar refractivity (Wildman–Crippen MR) is 57.0 cm³/mol. The molecule has 0 atom stereocenters. The van der Waals surface area contributed by atoms with Gasteiger partial charge in [-0.25, -0.2) is 0 Å². The van der Waals surface area contributed by atoms with Crippen LogP contribution in [0.3, 0.4) is 0 Å². The maximum atomic E-state index is 11.5. The Labute approximate surface area is 87.8 Å². The number of amides is 1. The zero-order chi connectivity index (χ0) is 11.4. The van der Waals surface area contributed by atoms with Crippen molar-refractivity contribution in [1.82, 2.24) is 4.90 Å². The first kappa shape index (κ1) is 11.0. The van der Waals surface area contributed by atoms with E-state index in [0.717, 1.165) is 0 Å². The predicted octanol–water partition coefficient (Wildman–Crippen LogP) is 0.483. The summed E-state index contributed by atoms with van der Waals surface area (Å²) in [7, 11) is 3.36. The lowest BCUT2D eigenvalue weighted by molar-refractivity contribution is 0.0827.